The molecule has 3 atom stereocenters. The lowest BCUT2D eigenvalue weighted by molar-refractivity contribution is -0.292. The average Bonchev–Trinajstić information content (AvgIpc) is 2.33. The zero-order valence-electron chi connectivity index (χ0n) is 9.01. The summed E-state index contributed by atoms with van der Waals surface area (Å²) in [6, 6.07) is 0. The summed E-state index contributed by atoms with van der Waals surface area (Å²) in [6.45, 7) is 0. The maximum atomic E-state index is 11.2. The van der Waals surface area contributed by atoms with Gasteiger partial charge in [-0.15, -0.1) is 0 Å². The van der Waals surface area contributed by atoms with Crippen LogP contribution in [0.1, 0.15) is 6.42 Å². The highest BCUT2D eigenvalue weighted by molar-refractivity contribution is 5.91. The number of aliphatic carboxylic acids is 1. The van der Waals surface area contributed by atoms with E-state index in [2.05, 4.69) is 14.5 Å². The quantitative estimate of drug-likeness (QED) is 0.276. The van der Waals surface area contributed by atoms with Crippen LogP contribution in [0.15, 0.2) is 0 Å². The molecule has 1 fully saturated rings. The van der Waals surface area contributed by atoms with Crippen LogP contribution in [0.4, 0.5) is 0 Å². The minimum atomic E-state index is -3.70. The van der Waals surface area contributed by atoms with E-state index in [9.17, 15) is 29.4 Å². The van der Waals surface area contributed by atoms with E-state index in [1.165, 1.54) is 0 Å². The average molecular weight is 280 g/mol. The van der Waals surface area contributed by atoms with Crippen LogP contribution in [0, 0.1) is 0 Å². The first-order valence-corrected chi connectivity index (χ1v) is 4.64. The number of carboxylic acids is 1. The van der Waals surface area contributed by atoms with E-state index >= 15 is 0 Å². The lowest BCUT2D eigenvalue weighted by Gasteiger charge is -2.27. The Labute approximate surface area is 103 Å². The molecule has 11 heteroatoms. The van der Waals surface area contributed by atoms with E-state index in [0.717, 1.165) is 0 Å². The first-order chi connectivity index (χ1) is 8.68. The van der Waals surface area contributed by atoms with Crippen LogP contribution in [-0.2, 0) is 33.7 Å². The molecule has 1 rings (SSSR count). The number of hydrogen-bond acceptors (Lipinski definition) is 10. The minimum Gasteiger partial charge on any atom is -0.476 e. The van der Waals surface area contributed by atoms with Gasteiger partial charge in [-0.2, -0.15) is 0 Å². The molecule has 0 aromatic rings. The van der Waals surface area contributed by atoms with Crippen molar-refractivity contribution in [3.8, 4) is 0 Å². The molecule has 0 aromatic heterocycles. The fourth-order valence-electron chi connectivity index (χ4n) is 1.01. The number of hydrogen-bond donors (Lipinski definition) is 4. The molecule has 11 nitrogen and oxygen atoms in total. The van der Waals surface area contributed by atoms with E-state index in [4.69, 9.17) is 10.2 Å². The molecule has 3 unspecified atom stereocenters. The van der Waals surface area contributed by atoms with Gasteiger partial charge >= 0.3 is 29.7 Å². The number of aliphatic hydroxyl groups is 3. The number of carboxylic acid groups (broad SMARTS) is 1. The van der Waals surface area contributed by atoms with Crippen LogP contribution >= 0.6 is 0 Å². The molecular weight excluding hydrogens is 272 g/mol. The van der Waals surface area contributed by atoms with Crippen molar-refractivity contribution in [3.05, 3.63) is 0 Å². The number of ether oxygens (including phenoxy) is 1. The number of aliphatic hydroxyl groups excluding tert-OH is 2. The molecule has 1 aliphatic heterocycles. The molecule has 1 heterocycles. The topological polar surface area (TPSA) is 177 Å². The Kier molecular flexibility index (Phi) is 4.04. The first kappa shape index (κ1) is 14.8. The molecule has 0 spiro atoms. The highest BCUT2D eigenvalue weighted by atomic mass is 17.2. The van der Waals surface area contributed by atoms with Crippen molar-refractivity contribution in [2.75, 3.05) is 0 Å². The Morgan fingerprint density at radius 3 is 2.26 bits per heavy atom. The van der Waals surface area contributed by atoms with E-state index in [0.29, 0.717) is 0 Å². The molecule has 1 aliphatic rings. The van der Waals surface area contributed by atoms with Gasteiger partial charge in [0.25, 0.3) is 0 Å². The van der Waals surface area contributed by atoms with Gasteiger partial charge in [-0.1, -0.05) is 0 Å². The summed E-state index contributed by atoms with van der Waals surface area (Å²) in [4.78, 5) is 51.3. The molecule has 19 heavy (non-hydrogen) atoms. The number of carbonyl (C=O) groups is 4. The highest BCUT2D eigenvalue weighted by Crippen LogP contribution is 2.18. The van der Waals surface area contributed by atoms with Crippen molar-refractivity contribution in [2.45, 2.75) is 24.4 Å². The van der Waals surface area contributed by atoms with Crippen LogP contribution in [0.3, 0.4) is 0 Å². The predicted molar refractivity (Wildman–Crippen MR) is 47.5 cm³/mol. The molecular formula is C8H8O11. The lowest BCUT2D eigenvalue weighted by atomic mass is 10.1. The normalized spacial score (nSPS) is 32.9. The zero-order chi connectivity index (χ0) is 14.8. The van der Waals surface area contributed by atoms with Gasteiger partial charge in [0.15, 0.2) is 6.10 Å². The number of cyclic esters (lactones) is 1. The van der Waals surface area contributed by atoms with E-state index in [1.54, 1.807) is 0 Å². The molecule has 0 aliphatic carbocycles. The van der Waals surface area contributed by atoms with Gasteiger partial charge in [-0.3, -0.25) is 0 Å². The molecule has 0 bridgehead atoms. The van der Waals surface area contributed by atoms with Crippen molar-refractivity contribution in [1.82, 2.24) is 0 Å². The summed E-state index contributed by atoms with van der Waals surface area (Å²) in [5, 5.41) is 36.4. The minimum absolute atomic E-state index is 1.02. The van der Waals surface area contributed by atoms with Crippen LogP contribution in [0.5, 0.6) is 0 Å². The largest absolute Gasteiger partial charge is 0.476 e. The van der Waals surface area contributed by atoms with Crippen molar-refractivity contribution >= 4 is 23.9 Å². The van der Waals surface area contributed by atoms with Gasteiger partial charge in [-0.25, -0.2) is 29.0 Å². The molecule has 0 radical (unpaired) electrons. The van der Waals surface area contributed by atoms with Crippen molar-refractivity contribution in [2.24, 2.45) is 0 Å². The first-order valence-electron chi connectivity index (χ1n) is 4.64. The molecule has 0 saturated carbocycles. The van der Waals surface area contributed by atoms with Crippen LogP contribution in [0.25, 0.3) is 0 Å². The molecule has 0 amide bonds. The fourth-order valence-corrected chi connectivity index (χ4v) is 1.01. The number of carbonyl (C=O) groups excluding carboxylic acids is 3. The van der Waals surface area contributed by atoms with E-state index in [-0.39, 0.29) is 0 Å². The second-order valence-corrected chi connectivity index (χ2v) is 3.40. The van der Waals surface area contributed by atoms with Gasteiger partial charge in [-0.05, 0) is 0 Å². The van der Waals surface area contributed by atoms with Gasteiger partial charge in [0.1, 0.15) is 0 Å². The maximum Gasteiger partial charge on any atom is 0.391 e. The van der Waals surface area contributed by atoms with Crippen molar-refractivity contribution < 1.29 is 54.1 Å². The smallest absolute Gasteiger partial charge is 0.391 e. The molecule has 1 saturated heterocycles. The number of rotatable bonds is 1. The number of esters is 1. The second kappa shape index (κ2) is 5.17. The summed E-state index contributed by atoms with van der Waals surface area (Å²) in [5.74, 6) is -11.0. The lowest BCUT2D eigenvalue weighted by Crippen LogP contribution is -2.58. The van der Waals surface area contributed by atoms with E-state index in [1.807, 2.05) is 0 Å². The van der Waals surface area contributed by atoms with Crippen molar-refractivity contribution in [1.29, 1.82) is 0 Å². The fraction of sp³-hybridized carbons (Fsp3) is 0.500. The maximum absolute atomic E-state index is 11.2. The standard InChI is InChI=1S/C8H8O11/c9-2-1-3(10)18-19-6(13)4(11)8(16,7(14)15)17-5(2)12/h2,4,9,11,16H,1H2,(H,14,15). The summed E-state index contributed by atoms with van der Waals surface area (Å²) in [5.41, 5.74) is 0. The van der Waals surface area contributed by atoms with Gasteiger partial charge in [0.2, 0.25) is 6.10 Å². The third kappa shape index (κ3) is 2.96. The Balaban J connectivity index is 3.11. The van der Waals surface area contributed by atoms with Crippen LogP contribution in [-0.4, -0.2) is 62.3 Å². The van der Waals surface area contributed by atoms with Crippen LogP contribution < -0.4 is 0 Å². The van der Waals surface area contributed by atoms with Crippen molar-refractivity contribution in [3.63, 3.8) is 0 Å². The highest BCUT2D eigenvalue weighted by Gasteiger charge is 2.54. The third-order valence-corrected chi connectivity index (χ3v) is 2.01. The van der Waals surface area contributed by atoms with Gasteiger partial charge < -0.3 is 25.2 Å². The molecule has 106 valence electrons. The van der Waals surface area contributed by atoms with Crippen LogP contribution in [0.2, 0.25) is 0 Å². The van der Waals surface area contributed by atoms with Gasteiger partial charge in [0.05, 0.1) is 6.42 Å². The Bertz CT molecular complexity index is 428. The van der Waals surface area contributed by atoms with Gasteiger partial charge in [0, 0.05) is 0 Å². The molecule has 4 N–H and O–H groups in total. The zero-order valence-corrected chi connectivity index (χ0v) is 9.01. The summed E-state index contributed by atoms with van der Waals surface area (Å²) < 4.78 is 3.93. The summed E-state index contributed by atoms with van der Waals surface area (Å²) in [6.07, 6.45) is -6.09. The Morgan fingerprint density at radius 1 is 1.16 bits per heavy atom. The Hall–Kier alpha value is -2.24. The van der Waals surface area contributed by atoms with E-state index < -0.39 is 48.3 Å². The summed E-state index contributed by atoms with van der Waals surface area (Å²) >= 11 is 0. The monoisotopic (exact) mass is 280 g/mol. The summed E-state index contributed by atoms with van der Waals surface area (Å²) in [7, 11) is 0. The second-order valence-electron chi connectivity index (χ2n) is 3.40. The molecule has 0 aromatic carbocycles. The SMILES string of the molecule is O=C1CC(O)C(=O)OC(O)(C(=O)O)C(O)C(=O)OO1. The predicted octanol–water partition coefficient (Wildman–Crippen LogP) is -3.57. The Morgan fingerprint density at radius 2 is 1.74 bits per heavy atom. The third-order valence-electron chi connectivity index (χ3n) is 2.01.